The summed E-state index contributed by atoms with van der Waals surface area (Å²) in [6.07, 6.45) is 0. The summed E-state index contributed by atoms with van der Waals surface area (Å²) in [5, 5.41) is 7.59. The van der Waals surface area contributed by atoms with Gasteiger partial charge >= 0.3 is 0 Å². The lowest BCUT2D eigenvalue weighted by Gasteiger charge is -2.03. The van der Waals surface area contributed by atoms with Gasteiger partial charge in [0.2, 0.25) is 0 Å². The maximum Gasteiger partial charge on any atom is 0.163 e. The van der Waals surface area contributed by atoms with Crippen molar-refractivity contribution >= 4 is 23.2 Å². The highest BCUT2D eigenvalue weighted by molar-refractivity contribution is 6.35. The molecule has 66 valence electrons. The lowest BCUT2D eigenvalue weighted by Crippen LogP contribution is -1.94. The van der Waals surface area contributed by atoms with Crippen molar-refractivity contribution in [2.45, 2.75) is 6.61 Å². The van der Waals surface area contributed by atoms with E-state index in [9.17, 15) is 8.78 Å². The van der Waals surface area contributed by atoms with Crippen molar-refractivity contribution in [3.05, 3.63) is 33.3 Å². The van der Waals surface area contributed by atoms with Crippen molar-refractivity contribution in [1.29, 1.82) is 0 Å². The summed E-state index contributed by atoms with van der Waals surface area (Å²) >= 11 is 10.6. The molecule has 1 rings (SSSR count). The first kappa shape index (κ1) is 9.71. The van der Waals surface area contributed by atoms with E-state index in [1.807, 2.05) is 0 Å². The highest BCUT2D eigenvalue weighted by Crippen LogP contribution is 2.28. The van der Waals surface area contributed by atoms with Crippen LogP contribution in [0.4, 0.5) is 8.78 Å². The molecule has 0 heterocycles. The van der Waals surface area contributed by atoms with Gasteiger partial charge in [-0.25, -0.2) is 8.78 Å². The van der Waals surface area contributed by atoms with Crippen LogP contribution in [0.1, 0.15) is 5.56 Å². The summed E-state index contributed by atoms with van der Waals surface area (Å²) in [6, 6.07) is 0.998. The summed E-state index contributed by atoms with van der Waals surface area (Å²) in [4.78, 5) is 0. The van der Waals surface area contributed by atoms with E-state index in [0.717, 1.165) is 6.07 Å². The third kappa shape index (κ3) is 1.53. The minimum absolute atomic E-state index is 0.119. The number of hydrogen-bond donors (Lipinski definition) is 1. The minimum Gasteiger partial charge on any atom is -0.392 e. The molecule has 0 aliphatic heterocycles. The van der Waals surface area contributed by atoms with Gasteiger partial charge in [0, 0.05) is 5.56 Å². The molecule has 0 atom stereocenters. The molecule has 1 nitrogen and oxygen atoms in total. The largest absolute Gasteiger partial charge is 0.392 e. The number of rotatable bonds is 1. The van der Waals surface area contributed by atoms with E-state index in [2.05, 4.69) is 0 Å². The molecular weight excluding hydrogens is 209 g/mol. The average Bonchev–Trinajstić information content (AvgIpc) is 2.08. The van der Waals surface area contributed by atoms with Gasteiger partial charge in [0.05, 0.1) is 11.6 Å². The Morgan fingerprint density at radius 3 is 2.33 bits per heavy atom. The molecule has 0 saturated carbocycles. The first-order valence-electron chi connectivity index (χ1n) is 3.00. The summed E-state index contributed by atoms with van der Waals surface area (Å²) in [7, 11) is 0. The Balaban J connectivity index is 3.39. The van der Waals surface area contributed by atoms with E-state index in [1.165, 1.54) is 0 Å². The van der Waals surface area contributed by atoms with Crippen molar-refractivity contribution in [2.75, 3.05) is 0 Å². The molecule has 1 aromatic rings. The van der Waals surface area contributed by atoms with Crippen molar-refractivity contribution in [3.8, 4) is 0 Å². The molecule has 0 fully saturated rings. The molecule has 0 saturated heterocycles. The Morgan fingerprint density at radius 2 is 1.83 bits per heavy atom. The predicted molar refractivity (Wildman–Crippen MR) is 42.3 cm³/mol. The van der Waals surface area contributed by atoms with E-state index < -0.39 is 23.3 Å². The third-order valence-corrected chi connectivity index (χ3v) is 1.96. The second-order valence-electron chi connectivity index (χ2n) is 2.12. The first-order chi connectivity index (χ1) is 5.57. The van der Waals surface area contributed by atoms with Crippen LogP contribution in [-0.4, -0.2) is 5.11 Å². The van der Waals surface area contributed by atoms with Crippen LogP contribution in [0.2, 0.25) is 10.0 Å². The smallest absolute Gasteiger partial charge is 0.163 e. The molecule has 0 unspecified atom stereocenters. The Hall–Kier alpha value is -0.380. The van der Waals surface area contributed by atoms with Gasteiger partial charge in [-0.1, -0.05) is 23.2 Å². The molecule has 0 spiro atoms. The van der Waals surface area contributed by atoms with Crippen molar-refractivity contribution in [3.63, 3.8) is 0 Å². The fraction of sp³-hybridized carbons (Fsp3) is 0.143. The molecular formula is C7H4Cl2F2O. The molecule has 0 bridgehead atoms. The number of benzene rings is 1. The van der Waals surface area contributed by atoms with E-state index in [-0.39, 0.29) is 10.6 Å². The zero-order valence-corrected chi connectivity index (χ0v) is 7.26. The van der Waals surface area contributed by atoms with E-state index in [1.54, 1.807) is 0 Å². The van der Waals surface area contributed by atoms with Crippen molar-refractivity contribution < 1.29 is 13.9 Å². The number of aliphatic hydroxyl groups is 1. The normalized spacial score (nSPS) is 10.4. The SMILES string of the molecule is OCc1cc(Cl)c(F)c(Cl)c1F. The molecule has 0 amide bonds. The molecule has 1 aromatic carbocycles. The van der Waals surface area contributed by atoms with Gasteiger partial charge < -0.3 is 5.11 Å². The topological polar surface area (TPSA) is 20.2 Å². The Morgan fingerprint density at radius 1 is 1.25 bits per heavy atom. The quantitative estimate of drug-likeness (QED) is 0.561. The summed E-state index contributed by atoms with van der Waals surface area (Å²) < 4.78 is 25.6. The second-order valence-corrected chi connectivity index (χ2v) is 2.90. The van der Waals surface area contributed by atoms with Crippen LogP contribution >= 0.6 is 23.2 Å². The maximum atomic E-state index is 12.9. The number of hydrogen-bond acceptors (Lipinski definition) is 1. The van der Waals surface area contributed by atoms with Gasteiger partial charge in [0.25, 0.3) is 0 Å². The van der Waals surface area contributed by atoms with Crippen LogP contribution in [0, 0.1) is 11.6 Å². The second kappa shape index (κ2) is 3.56. The minimum atomic E-state index is -1.01. The van der Waals surface area contributed by atoms with Gasteiger partial charge in [-0.3, -0.25) is 0 Å². The summed E-state index contributed by atoms with van der Waals surface area (Å²) in [6.45, 7) is -0.564. The van der Waals surface area contributed by atoms with Crippen molar-refractivity contribution in [1.82, 2.24) is 0 Å². The fourth-order valence-corrected chi connectivity index (χ4v) is 1.23. The van der Waals surface area contributed by atoms with E-state index in [4.69, 9.17) is 28.3 Å². The molecule has 12 heavy (non-hydrogen) atoms. The van der Waals surface area contributed by atoms with Crippen LogP contribution in [0.15, 0.2) is 6.07 Å². The van der Waals surface area contributed by atoms with E-state index in [0.29, 0.717) is 0 Å². The van der Waals surface area contributed by atoms with Gasteiger partial charge in [-0.2, -0.15) is 0 Å². The number of halogens is 4. The van der Waals surface area contributed by atoms with Gasteiger partial charge in [0.15, 0.2) is 5.82 Å². The van der Waals surface area contributed by atoms with Gasteiger partial charge in [0.1, 0.15) is 10.8 Å². The van der Waals surface area contributed by atoms with Crippen LogP contribution in [0.3, 0.4) is 0 Å². The molecule has 0 aliphatic rings. The molecule has 5 heteroatoms. The van der Waals surface area contributed by atoms with Crippen LogP contribution in [-0.2, 0) is 6.61 Å². The summed E-state index contributed by atoms with van der Waals surface area (Å²) in [5.74, 6) is -1.98. The lowest BCUT2D eigenvalue weighted by molar-refractivity contribution is 0.275. The standard InChI is InChI=1S/C7H4Cl2F2O/c8-4-1-3(2-12)6(10)5(9)7(4)11/h1,12H,2H2. The predicted octanol–water partition coefficient (Wildman–Crippen LogP) is 2.76. The fourth-order valence-electron chi connectivity index (χ4n) is 0.737. The zero-order chi connectivity index (χ0) is 9.30. The Labute approximate surface area is 77.5 Å². The summed E-state index contributed by atoms with van der Waals surface area (Å²) in [5.41, 5.74) is -0.119. The molecule has 0 aliphatic carbocycles. The zero-order valence-electron chi connectivity index (χ0n) is 5.74. The Bertz CT molecular complexity index is 315. The Kier molecular flexibility index (Phi) is 2.88. The lowest BCUT2D eigenvalue weighted by atomic mass is 10.2. The highest BCUT2D eigenvalue weighted by Gasteiger charge is 2.14. The van der Waals surface area contributed by atoms with E-state index >= 15 is 0 Å². The van der Waals surface area contributed by atoms with Crippen LogP contribution in [0.25, 0.3) is 0 Å². The van der Waals surface area contributed by atoms with Crippen LogP contribution in [0.5, 0.6) is 0 Å². The third-order valence-electron chi connectivity index (χ3n) is 1.35. The van der Waals surface area contributed by atoms with Crippen LogP contribution < -0.4 is 0 Å². The maximum absolute atomic E-state index is 12.9. The monoisotopic (exact) mass is 212 g/mol. The molecule has 0 aromatic heterocycles. The van der Waals surface area contributed by atoms with Crippen molar-refractivity contribution in [2.24, 2.45) is 0 Å². The van der Waals surface area contributed by atoms with Gasteiger partial charge in [-0.05, 0) is 6.07 Å². The molecule has 1 N–H and O–H groups in total. The average molecular weight is 213 g/mol. The van der Waals surface area contributed by atoms with Gasteiger partial charge in [-0.15, -0.1) is 0 Å². The molecule has 0 radical (unpaired) electrons. The number of aliphatic hydroxyl groups excluding tert-OH is 1. The first-order valence-corrected chi connectivity index (χ1v) is 3.76. The highest BCUT2D eigenvalue weighted by atomic mass is 35.5.